The summed E-state index contributed by atoms with van der Waals surface area (Å²) in [6, 6.07) is -0.0175. The van der Waals surface area contributed by atoms with Crippen LogP contribution in [-0.4, -0.2) is 64.6 Å². The maximum Gasteiger partial charge on any atom is 0.410 e. The van der Waals surface area contributed by atoms with E-state index < -0.39 is 5.60 Å². The van der Waals surface area contributed by atoms with Crippen LogP contribution in [-0.2, 0) is 9.53 Å². The summed E-state index contributed by atoms with van der Waals surface area (Å²) in [4.78, 5) is 28.2. The van der Waals surface area contributed by atoms with Gasteiger partial charge < -0.3 is 14.5 Å². The van der Waals surface area contributed by atoms with Gasteiger partial charge in [-0.3, -0.25) is 4.79 Å². The maximum atomic E-state index is 12.3. The predicted octanol–water partition coefficient (Wildman–Crippen LogP) is 2.99. The Morgan fingerprint density at radius 1 is 1.14 bits per heavy atom. The van der Waals surface area contributed by atoms with Gasteiger partial charge in [0.15, 0.2) is 0 Å². The first-order valence-corrected chi connectivity index (χ1v) is 9.34. The van der Waals surface area contributed by atoms with Gasteiger partial charge in [-0.25, -0.2) is 4.79 Å². The summed E-state index contributed by atoms with van der Waals surface area (Å²) in [6.45, 7) is 10.7. The van der Waals surface area contributed by atoms with Crippen LogP contribution in [0.1, 0.15) is 47.5 Å². The van der Waals surface area contributed by atoms with Crippen molar-refractivity contribution in [3.63, 3.8) is 0 Å². The van der Waals surface area contributed by atoms with E-state index in [1.165, 1.54) is 0 Å². The third kappa shape index (κ3) is 5.38. The number of hydrogen-bond acceptors (Lipinski definition) is 4. The Hall–Kier alpha value is -0.910. The van der Waals surface area contributed by atoms with Gasteiger partial charge >= 0.3 is 6.09 Å². The summed E-state index contributed by atoms with van der Waals surface area (Å²) in [5.41, 5.74) is -0.495. The maximum absolute atomic E-state index is 12.3. The fraction of sp³-hybridized carbons (Fsp3) is 0.875. The molecule has 0 unspecified atom stereocenters. The molecule has 0 aromatic carbocycles. The minimum absolute atomic E-state index is 0.0167. The second kappa shape index (κ2) is 8.09. The number of carbonyl (C=O) groups excluding carboxylic acids is 2. The van der Waals surface area contributed by atoms with Crippen molar-refractivity contribution in [2.75, 3.05) is 25.1 Å². The Kier molecular flexibility index (Phi) is 7.03. The van der Waals surface area contributed by atoms with Crippen LogP contribution >= 0.6 is 11.8 Å². The van der Waals surface area contributed by atoms with Crippen LogP contribution in [0.2, 0.25) is 0 Å². The van der Waals surface area contributed by atoms with Gasteiger partial charge in [0.05, 0.1) is 6.04 Å². The van der Waals surface area contributed by atoms with E-state index in [4.69, 9.17) is 4.74 Å². The zero-order valence-corrected chi connectivity index (χ0v) is 15.5. The molecule has 1 aliphatic heterocycles. The summed E-state index contributed by atoms with van der Waals surface area (Å²) >= 11 is 1.76. The molecular formula is C16H30N2O3S. The molecule has 1 aliphatic rings. The Morgan fingerprint density at radius 3 is 2.23 bits per heavy atom. The van der Waals surface area contributed by atoms with Gasteiger partial charge in [-0.05, 0) is 53.0 Å². The largest absolute Gasteiger partial charge is 0.444 e. The van der Waals surface area contributed by atoms with E-state index in [2.05, 4.69) is 6.26 Å². The molecule has 22 heavy (non-hydrogen) atoms. The quantitative estimate of drug-likeness (QED) is 0.744. The number of hydrogen-bond donors (Lipinski definition) is 0. The molecule has 128 valence electrons. The number of ether oxygens (including phenoxy) is 1. The van der Waals surface area contributed by atoms with E-state index in [-0.39, 0.29) is 24.1 Å². The first-order chi connectivity index (χ1) is 10.2. The number of thioether (sulfide) groups is 1. The highest BCUT2D eigenvalue weighted by molar-refractivity contribution is 7.98. The molecule has 6 heteroatoms. The average Bonchev–Trinajstić information content (AvgIpc) is 2.39. The summed E-state index contributed by atoms with van der Waals surface area (Å²) in [5, 5.41) is 0. The van der Waals surface area contributed by atoms with Crippen LogP contribution in [0.5, 0.6) is 0 Å². The normalized spacial score (nSPS) is 22.6. The monoisotopic (exact) mass is 330 g/mol. The van der Waals surface area contributed by atoms with Gasteiger partial charge in [0, 0.05) is 25.6 Å². The average molecular weight is 330 g/mol. The number of amides is 2. The molecule has 2 atom stereocenters. The number of carbonyl (C=O) groups is 2. The molecular weight excluding hydrogens is 300 g/mol. The molecule has 0 saturated carbocycles. The third-order valence-electron chi connectivity index (χ3n) is 3.95. The zero-order valence-electron chi connectivity index (χ0n) is 14.7. The first-order valence-electron chi connectivity index (χ1n) is 7.95. The lowest BCUT2D eigenvalue weighted by Crippen LogP contribution is -2.60. The van der Waals surface area contributed by atoms with Crippen LogP contribution in [0, 0.1) is 0 Å². The summed E-state index contributed by atoms with van der Waals surface area (Å²) in [6.07, 6.45) is 3.26. The molecule has 0 bridgehead atoms. The van der Waals surface area contributed by atoms with E-state index in [0.717, 1.165) is 12.2 Å². The van der Waals surface area contributed by atoms with Gasteiger partial charge in [-0.1, -0.05) is 0 Å². The molecule has 0 spiro atoms. The first kappa shape index (κ1) is 19.1. The van der Waals surface area contributed by atoms with Crippen molar-refractivity contribution in [2.24, 2.45) is 0 Å². The molecule has 0 aromatic heterocycles. The number of nitrogens with zero attached hydrogens (tertiary/aromatic N) is 2. The van der Waals surface area contributed by atoms with Crippen molar-refractivity contribution in [1.82, 2.24) is 9.80 Å². The minimum Gasteiger partial charge on any atom is -0.444 e. The molecule has 1 fully saturated rings. The lowest BCUT2D eigenvalue weighted by molar-refractivity contribution is -0.137. The van der Waals surface area contributed by atoms with E-state index in [1.807, 2.05) is 39.5 Å². The Morgan fingerprint density at radius 2 is 1.68 bits per heavy atom. The van der Waals surface area contributed by atoms with Crippen molar-refractivity contribution >= 4 is 23.8 Å². The highest BCUT2D eigenvalue weighted by Crippen LogP contribution is 2.21. The summed E-state index contributed by atoms with van der Waals surface area (Å²) < 4.78 is 5.45. The van der Waals surface area contributed by atoms with Gasteiger partial charge in [0.25, 0.3) is 0 Å². The molecule has 5 nitrogen and oxygen atoms in total. The highest BCUT2D eigenvalue weighted by Gasteiger charge is 2.37. The predicted molar refractivity (Wildman–Crippen MR) is 91.2 cm³/mol. The van der Waals surface area contributed by atoms with Gasteiger partial charge in [0.1, 0.15) is 5.60 Å². The second-order valence-corrected chi connectivity index (χ2v) is 7.82. The summed E-state index contributed by atoms with van der Waals surface area (Å²) in [7, 11) is 0. The van der Waals surface area contributed by atoms with Gasteiger partial charge in [-0.15, -0.1) is 0 Å². The molecule has 1 saturated heterocycles. The lowest BCUT2D eigenvalue weighted by Gasteiger charge is -2.45. The molecule has 2 amide bonds. The van der Waals surface area contributed by atoms with Crippen molar-refractivity contribution < 1.29 is 14.3 Å². The van der Waals surface area contributed by atoms with Crippen LogP contribution in [0.25, 0.3) is 0 Å². The van der Waals surface area contributed by atoms with Crippen molar-refractivity contribution in [3.05, 3.63) is 0 Å². The molecule has 1 rings (SSSR count). The molecule has 0 radical (unpaired) electrons. The number of rotatable bonds is 4. The van der Waals surface area contributed by atoms with Crippen LogP contribution in [0.15, 0.2) is 0 Å². The minimum atomic E-state index is -0.495. The van der Waals surface area contributed by atoms with Crippen molar-refractivity contribution in [1.29, 1.82) is 0 Å². The molecule has 0 aromatic rings. The number of piperazine rings is 1. The Labute approximate surface area is 138 Å². The van der Waals surface area contributed by atoms with E-state index >= 15 is 0 Å². The van der Waals surface area contributed by atoms with Gasteiger partial charge in [-0.2, -0.15) is 11.8 Å². The van der Waals surface area contributed by atoms with Crippen molar-refractivity contribution in [2.45, 2.75) is 65.1 Å². The topological polar surface area (TPSA) is 49.9 Å². The van der Waals surface area contributed by atoms with Gasteiger partial charge in [0.2, 0.25) is 5.91 Å². The van der Waals surface area contributed by atoms with E-state index in [9.17, 15) is 9.59 Å². The summed E-state index contributed by atoms with van der Waals surface area (Å²) in [5.74, 6) is 1.20. The third-order valence-corrected chi connectivity index (χ3v) is 4.65. The fourth-order valence-corrected chi connectivity index (χ4v) is 3.02. The SMILES string of the molecule is CSCCCC(=O)N1CCN(C(=O)OC(C)(C)C)[C@H](C)[C@@H]1C. The van der Waals surface area contributed by atoms with Crippen LogP contribution in [0.4, 0.5) is 4.79 Å². The van der Waals surface area contributed by atoms with E-state index in [1.54, 1.807) is 16.7 Å². The fourth-order valence-electron chi connectivity index (χ4n) is 2.58. The Bertz CT molecular complexity index is 395. The Balaban J connectivity index is 2.61. The van der Waals surface area contributed by atoms with Crippen LogP contribution < -0.4 is 0 Å². The molecule has 1 heterocycles. The molecule has 0 aliphatic carbocycles. The van der Waals surface area contributed by atoms with Crippen molar-refractivity contribution in [3.8, 4) is 0 Å². The lowest BCUT2D eigenvalue weighted by atomic mass is 10.0. The van der Waals surface area contributed by atoms with Crippen LogP contribution in [0.3, 0.4) is 0 Å². The highest BCUT2D eigenvalue weighted by atomic mass is 32.2. The molecule has 0 N–H and O–H groups in total. The smallest absolute Gasteiger partial charge is 0.410 e. The standard InChI is InChI=1S/C16H30N2O3S/c1-12-13(2)18(15(20)21-16(3,4)5)10-9-17(12)14(19)8-7-11-22-6/h12-13H,7-11H2,1-6H3/t12-,13+/m0/s1. The zero-order chi connectivity index (χ0) is 16.9. The van der Waals surface area contributed by atoms with E-state index in [0.29, 0.717) is 19.5 Å². The second-order valence-electron chi connectivity index (χ2n) is 6.84.